The molecule has 3 heteroatoms. The van der Waals surface area contributed by atoms with Gasteiger partial charge in [-0.1, -0.05) is 18.3 Å². The summed E-state index contributed by atoms with van der Waals surface area (Å²) >= 11 is 5.00. The van der Waals surface area contributed by atoms with Crippen LogP contribution >= 0.6 is 12.2 Å². The average molecular weight is 168 g/mol. The van der Waals surface area contributed by atoms with E-state index in [1.165, 1.54) is 0 Å². The van der Waals surface area contributed by atoms with Crippen LogP contribution in [-0.2, 0) is 0 Å². The van der Waals surface area contributed by atoms with Gasteiger partial charge in [0.15, 0.2) is 0 Å². The summed E-state index contributed by atoms with van der Waals surface area (Å²) in [5.74, 6) is 0. The Balaban J connectivity index is 3.15. The van der Waals surface area contributed by atoms with Gasteiger partial charge in [-0.2, -0.15) is 0 Å². The van der Waals surface area contributed by atoms with E-state index in [0.717, 1.165) is 15.8 Å². The topological polar surface area (TPSA) is 41.8 Å². The van der Waals surface area contributed by atoms with E-state index >= 15 is 0 Å². The van der Waals surface area contributed by atoms with Crippen molar-refractivity contribution in [1.29, 1.82) is 0 Å². The highest BCUT2D eigenvalue weighted by Gasteiger charge is 1.98. The monoisotopic (exact) mass is 168 g/mol. The second kappa shape index (κ2) is 3.15. The maximum Gasteiger partial charge on any atom is 0.106 e. The molecule has 0 unspecified atom stereocenters. The number of H-pyrrole nitrogens is 1. The van der Waals surface area contributed by atoms with E-state index in [1.54, 1.807) is 0 Å². The van der Waals surface area contributed by atoms with Crippen molar-refractivity contribution in [1.82, 2.24) is 4.98 Å². The Morgan fingerprint density at radius 3 is 2.73 bits per heavy atom. The van der Waals surface area contributed by atoms with Gasteiger partial charge in [0.2, 0.25) is 0 Å². The van der Waals surface area contributed by atoms with Crippen LogP contribution in [0.2, 0.25) is 0 Å². The fraction of sp³-hybridized carbons (Fsp3) is 0.375. The average Bonchev–Trinajstić information content (AvgIpc) is 1.94. The van der Waals surface area contributed by atoms with Crippen molar-refractivity contribution in [2.24, 2.45) is 5.73 Å². The highest BCUT2D eigenvalue weighted by atomic mass is 32.1. The maximum absolute atomic E-state index is 5.68. The molecule has 0 fully saturated rings. The first-order valence-electron chi connectivity index (χ1n) is 3.56. The molecule has 1 atom stereocenters. The molecule has 60 valence electrons. The lowest BCUT2D eigenvalue weighted by molar-refractivity contribution is 0.809. The molecule has 0 saturated heterocycles. The van der Waals surface area contributed by atoms with Gasteiger partial charge in [0.1, 0.15) is 4.64 Å². The second-order valence-corrected chi connectivity index (χ2v) is 3.14. The molecular formula is C8H12N2S. The first-order chi connectivity index (χ1) is 5.11. The van der Waals surface area contributed by atoms with E-state index in [9.17, 15) is 0 Å². The zero-order chi connectivity index (χ0) is 8.43. The van der Waals surface area contributed by atoms with Gasteiger partial charge >= 0.3 is 0 Å². The minimum Gasteiger partial charge on any atom is -0.352 e. The van der Waals surface area contributed by atoms with Gasteiger partial charge in [-0.15, -0.1) is 0 Å². The maximum atomic E-state index is 5.68. The van der Waals surface area contributed by atoms with Crippen molar-refractivity contribution >= 4 is 12.2 Å². The summed E-state index contributed by atoms with van der Waals surface area (Å²) in [5, 5.41) is 0. The quantitative estimate of drug-likeness (QED) is 0.630. The van der Waals surface area contributed by atoms with Gasteiger partial charge < -0.3 is 10.7 Å². The third-order valence-corrected chi connectivity index (χ3v) is 2.08. The number of hydrogen-bond acceptors (Lipinski definition) is 2. The molecule has 0 radical (unpaired) electrons. The molecule has 0 aliphatic heterocycles. The Morgan fingerprint density at radius 2 is 2.27 bits per heavy atom. The van der Waals surface area contributed by atoms with Crippen LogP contribution in [0.15, 0.2) is 12.3 Å². The molecule has 1 aromatic rings. The van der Waals surface area contributed by atoms with Crippen molar-refractivity contribution in [3.05, 3.63) is 28.0 Å². The third kappa shape index (κ3) is 1.88. The number of aryl methyl sites for hydroxylation is 1. The van der Waals surface area contributed by atoms with Gasteiger partial charge in [0.25, 0.3) is 0 Å². The van der Waals surface area contributed by atoms with E-state index < -0.39 is 0 Å². The summed E-state index contributed by atoms with van der Waals surface area (Å²) in [6, 6.07) is 2.09. The Labute approximate surface area is 71.4 Å². The van der Waals surface area contributed by atoms with Crippen molar-refractivity contribution in [2.45, 2.75) is 19.9 Å². The molecular weight excluding hydrogens is 156 g/mol. The molecule has 0 bridgehead atoms. The third-order valence-electron chi connectivity index (χ3n) is 1.64. The summed E-state index contributed by atoms with van der Waals surface area (Å²) in [6.07, 6.45) is 1.86. The summed E-state index contributed by atoms with van der Waals surface area (Å²) in [6.45, 7) is 3.93. The number of nitrogens with two attached hydrogens (primary N) is 1. The Bertz CT molecular complexity index is 301. The normalized spacial score (nSPS) is 13.0. The van der Waals surface area contributed by atoms with Crippen molar-refractivity contribution in [2.75, 3.05) is 0 Å². The molecule has 11 heavy (non-hydrogen) atoms. The molecule has 3 N–H and O–H groups in total. The van der Waals surface area contributed by atoms with Crippen LogP contribution in [0.3, 0.4) is 0 Å². The standard InChI is InChI=1S/C8H12N2S/c1-5-3-7(6(2)9)4-10-8(5)11/h3-4,6H,9H2,1-2H3,(H,10,11)/t6-/m0/s1. The first kappa shape index (κ1) is 8.43. The number of pyridine rings is 1. The van der Waals surface area contributed by atoms with Gasteiger partial charge in [0.05, 0.1) is 0 Å². The Kier molecular flexibility index (Phi) is 2.42. The fourth-order valence-electron chi connectivity index (χ4n) is 0.883. The number of aromatic amines is 1. The molecule has 0 spiro atoms. The summed E-state index contributed by atoms with van der Waals surface area (Å²) in [5.41, 5.74) is 7.85. The van der Waals surface area contributed by atoms with Crippen molar-refractivity contribution < 1.29 is 0 Å². The number of hydrogen-bond donors (Lipinski definition) is 2. The number of aromatic nitrogens is 1. The van der Waals surface area contributed by atoms with Gasteiger partial charge in [-0.3, -0.25) is 0 Å². The van der Waals surface area contributed by atoms with Gasteiger partial charge in [-0.25, -0.2) is 0 Å². The van der Waals surface area contributed by atoms with Crippen molar-refractivity contribution in [3.63, 3.8) is 0 Å². The molecule has 0 aliphatic carbocycles. The van der Waals surface area contributed by atoms with E-state index in [2.05, 4.69) is 4.98 Å². The number of nitrogens with one attached hydrogen (secondary N) is 1. The van der Waals surface area contributed by atoms with Crippen LogP contribution in [0.4, 0.5) is 0 Å². The van der Waals surface area contributed by atoms with Crippen LogP contribution in [-0.4, -0.2) is 4.98 Å². The van der Waals surface area contributed by atoms with E-state index in [-0.39, 0.29) is 6.04 Å². The number of rotatable bonds is 1. The lowest BCUT2D eigenvalue weighted by Gasteiger charge is -2.05. The van der Waals surface area contributed by atoms with E-state index in [0.29, 0.717) is 0 Å². The highest BCUT2D eigenvalue weighted by molar-refractivity contribution is 7.71. The van der Waals surface area contributed by atoms with Gasteiger partial charge in [0, 0.05) is 12.2 Å². The summed E-state index contributed by atoms with van der Waals surface area (Å²) in [7, 11) is 0. The molecule has 2 nitrogen and oxygen atoms in total. The minimum atomic E-state index is 0.0700. The minimum absolute atomic E-state index is 0.0700. The van der Waals surface area contributed by atoms with Crippen LogP contribution in [0.25, 0.3) is 0 Å². The van der Waals surface area contributed by atoms with Crippen molar-refractivity contribution in [3.8, 4) is 0 Å². The smallest absolute Gasteiger partial charge is 0.106 e. The summed E-state index contributed by atoms with van der Waals surface area (Å²) in [4.78, 5) is 2.98. The fourth-order valence-corrected chi connectivity index (χ4v) is 1.00. The zero-order valence-corrected chi connectivity index (χ0v) is 7.53. The molecule has 1 aromatic heterocycles. The summed E-state index contributed by atoms with van der Waals surface area (Å²) < 4.78 is 0.786. The molecule has 1 rings (SSSR count). The van der Waals surface area contributed by atoms with Gasteiger partial charge in [-0.05, 0) is 25.0 Å². The predicted molar refractivity (Wildman–Crippen MR) is 49.0 cm³/mol. The van der Waals surface area contributed by atoms with E-state index in [1.807, 2.05) is 26.1 Å². The molecule has 0 aromatic carbocycles. The molecule has 0 amide bonds. The molecule has 1 heterocycles. The predicted octanol–water partition coefficient (Wildman–Crippen LogP) is 2.07. The van der Waals surface area contributed by atoms with Crippen LogP contribution in [0, 0.1) is 11.6 Å². The molecule has 0 aliphatic rings. The Morgan fingerprint density at radius 1 is 1.64 bits per heavy atom. The largest absolute Gasteiger partial charge is 0.352 e. The van der Waals surface area contributed by atoms with Crippen LogP contribution < -0.4 is 5.73 Å². The molecule has 0 saturated carbocycles. The van der Waals surface area contributed by atoms with Crippen LogP contribution in [0.1, 0.15) is 24.1 Å². The lowest BCUT2D eigenvalue weighted by Crippen LogP contribution is -2.05. The first-order valence-corrected chi connectivity index (χ1v) is 3.97. The Hall–Kier alpha value is -0.670. The van der Waals surface area contributed by atoms with E-state index in [4.69, 9.17) is 18.0 Å². The second-order valence-electron chi connectivity index (χ2n) is 2.73. The SMILES string of the molecule is Cc1cc([C@H](C)N)c[nH]c1=S. The highest BCUT2D eigenvalue weighted by Crippen LogP contribution is 2.09. The zero-order valence-electron chi connectivity index (χ0n) is 6.72. The lowest BCUT2D eigenvalue weighted by atomic mass is 10.1. The van der Waals surface area contributed by atoms with Crippen LogP contribution in [0.5, 0.6) is 0 Å².